The van der Waals surface area contributed by atoms with Crippen LogP contribution in [0.1, 0.15) is 40.1 Å². The average molecular weight is 1090 g/mol. The molecular weight excluding hydrogens is 1040 g/mol. The summed E-state index contributed by atoms with van der Waals surface area (Å²) in [5.41, 5.74) is 8.81. The van der Waals surface area contributed by atoms with Gasteiger partial charge in [0.05, 0.1) is 28.4 Å². The van der Waals surface area contributed by atoms with Crippen LogP contribution in [0, 0.1) is 30.1 Å². The van der Waals surface area contributed by atoms with E-state index in [9.17, 15) is 13.5 Å². The van der Waals surface area contributed by atoms with Crippen LogP contribution in [-0.2, 0) is 40.4 Å². The molecule has 0 fully saturated rings. The fraction of sp³-hybridized carbons (Fsp3) is 0.0984. The molecule has 0 saturated heterocycles. The van der Waals surface area contributed by atoms with E-state index >= 15 is 0 Å². The molecule has 4 aromatic heterocycles. The van der Waals surface area contributed by atoms with E-state index in [1.165, 1.54) is 9.13 Å². The van der Waals surface area contributed by atoms with Gasteiger partial charge in [-0.15, -0.1) is 48.1 Å². The second kappa shape index (κ2) is 16.3. The van der Waals surface area contributed by atoms with Crippen LogP contribution in [0.5, 0.6) is 11.5 Å². The summed E-state index contributed by atoms with van der Waals surface area (Å²) in [7, 11) is 0. The summed E-state index contributed by atoms with van der Waals surface area (Å²) in [6.07, 6.45) is 1.82. The summed E-state index contributed by atoms with van der Waals surface area (Å²) in [5.74, 6) is 1.54. The standard InChI is InChI=1S/C61H44N7O.Pt/c1-61(2,3)40-30-31-63-54(33-40)68-50-29-26-38(36-62)32-47(50)44-28-27-43(35-53(44)68)69-42-19-15-18-41(34-42)66-37-67(52-25-14-13-24-51(52)66)60-58-56(45-20-9-11-22-48(45)64(58)4)55(39-16-7-6-8-17-39)57-46-21-10-12-23-49(46)65(5)59(57)60;/h6-33,37H,1-5H3;/q-3;/i4D3,5D3;. The van der Waals surface area contributed by atoms with Gasteiger partial charge in [-0.3, -0.25) is 0 Å². The number of hydrogen-bond donors (Lipinski definition) is 0. The summed E-state index contributed by atoms with van der Waals surface area (Å²) >= 11 is 0. The van der Waals surface area contributed by atoms with Crippen LogP contribution in [0.3, 0.4) is 0 Å². The number of anilines is 4. The number of aryl methyl sites for hydroxylation is 2. The topological polar surface area (TPSA) is 67.2 Å². The zero-order valence-corrected chi connectivity index (χ0v) is 40.4. The Balaban J connectivity index is 0.00000582. The molecule has 0 spiro atoms. The van der Waals surface area contributed by atoms with Gasteiger partial charge in [0.25, 0.3) is 0 Å². The molecule has 5 heterocycles. The molecule has 0 unspecified atom stereocenters. The molecule has 0 N–H and O–H groups in total. The Bertz CT molecular complexity index is 4260. The van der Waals surface area contributed by atoms with E-state index in [1.807, 2.05) is 180 Å². The molecule has 0 aliphatic carbocycles. The molecule has 13 rings (SSSR count). The summed E-state index contributed by atoms with van der Waals surface area (Å²) in [6.45, 7) is 2.97. The summed E-state index contributed by atoms with van der Waals surface area (Å²) < 4.78 is 66.7. The first-order chi connectivity index (χ1) is 36.1. The van der Waals surface area contributed by atoms with Crippen LogP contribution in [0.15, 0.2) is 170 Å². The number of aromatic nitrogens is 4. The third-order valence-electron chi connectivity index (χ3n) is 13.5. The van der Waals surface area contributed by atoms with Crippen molar-refractivity contribution in [2.24, 2.45) is 14.0 Å². The Morgan fingerprint density at radius 3 is 1.97 bits per heavy atom. The fourth-order valence-corrected chi connectivity index (χ4v) is 10.3. The SMILES string of the molecule is [2H]C([2H])([2H])n1c2ccccc2c2c(-c3ccccc3)c3c4ccccc4n(C([2H])([2H])[2H])c3c(N3[CH-]N(c4[c-]c(Oc5[c-]c6c(cc5)c5cc(C#N)ccc5n6-c5cc(C(C)(C)C)ccn5)ccc4)c4ccccc43)c21.[Pt]. The van der Waals surface area contributed by atoms with Crippen molar-refractivity contribution in [1.82, 2.24) is 18.7 Å². The maximum atomic E-state index is 9.87. The van der Waals surface area contributed by atoms with Crippen molar-refractivity contribution in [1.29, 1.82) is 5.26 Å². The summed E-state index contributed by atoms with van der Waals surface area (Å²) in [4.78, 5) is 8.71. The van der Waals surface area contributed by atoms with Gasteiger partial charge in [-0.1, -0.05) is 105 Å². The van der Waals surface area contributed by atoms with Crippen molar-refractivity contribution in [2.45, 2.75) is 26.2 Å². The number of hydrogen-bond acceptors (Lipinski definition) is 5. The molecule has 9 heteroatoms. The summed E-state index contributed by atoms with van der Waals surface area (Å²) in [5, 5.41) is 14.5. The summed E-state index contributed by atoms with van der Waals surface area (Å²) in [6, 6.07) is 61.1. The second-order valence-electron chi connectivity index (χ2n) is 18.5. The molecule has 0 amide bonds. The van der Waals surface area contributed by atoms with Gasteiger partial charge >= 0.3 is 0 Å². The van der Waals surface area contributed by atoms with E-state index in [0.717, 1.165) is 55.0 Å². The molecule has 70 heavy (non-hydrogen) atoms. The maximum absolute atomic E-state index is 9.87. The third-order valence-corrected chi connectivity index (χ3v) is 13.5. The number of nitriles is 1. The maximum Gasteiger partial charge on any atom is 0.135 e. The van der Waals surface area contributed by atoms with Gasteiger partial charge in [-0.05, 0) is 76.5 Å². The zero-order chi connectivity index (χ0) is 51.7. The number of pyridine rings is 1. The van der Waals surface area contributed by atoms with Gasteiger partial charge in [-0.25, -0.2) is 4.98 Å². The normalized spacial score (nSPS) is 14.3. The minimum Gasteiger partial charge on any atom is -0.509 e. The smallest absolute Gasteiger partial charge is 0.135 e. The van der Waals surface area contributed by atoms with Crippen LogP contribution in [0.4, 0.5) is 22.7 Å². The predicted molar refractivity (Wildman–Crippen MR) is 281 cm³/mol. The molecule has 1 aliphatic rings. The van der Waals surface area contributed by atoms with Crippen LogP contribution >= 0.6 is 0 Å². The minimum atomic E-state index is -2.70. The molecule has 8 nitrogen and oxygen atoms in total. The Morgan fingerprint density at radius 1 is 0.629 bits per heavy atom. The van der Waals surface area contributed by atoms with Crippen molar-refractivity contribution in [2.75, 3.05) is 9.80 Å². The zero-order valence-electron chi connectivity index (χ0n) is 44.1. The number of ether oxygens (including phenoxy) is 1. The van der Waals surface area contributed by atoms with Gasteiger partial charge in [-0.2, -0.15) is 17.4 Å². The Labute approximate surface area is 428 Å². The van der Waals surface area contributed by atoms with E-state index in [0.29, 0.717) is 72.8 Å². The number of para-hydroxylation sites is 4. The van der Waals surface area contributed by atoms with Gasteiger partial charge in [0.15, 0.2) is 0 Å². The Kier molecular flexibility index (Phi) is 8.56. The quantitative estimate of drug-likeness (QED) is 0.155. The molecule has 342 valence electrons. The molecule has 12 aromatic rings. The largest absolute Gasteiger partial charge is 0.509 e. The molecule has 0 radical (unpaired) electrons. The third kappa shape index (κ3) is 6.49. The van der Waals surface area contributed by atoms with Gasteiger partial charge in [0.2, 0.25) is 0 Å². The molecule has 0 bridgehead atoms. The first-order valence-corrected chi connectivity index (χ1v) is 22.8. The van der Waals surface area contributed by atoms with E-state index < -0.39 is 14.0 Å². The van der Waals surface area contributed by atoms with Gasteiger partial charge in [0.1, 0.15) is 5.82 Å². The Hall–Kier alpha value is -8.11. The van der Waals surface area contributed by atoms with Crippen LogP contribution in [0.2, 0.25) is 0 Å². The van der Waals surface area contributed by atoms with Crippen LogP contribution in [0.25, 0.3) is 82.4 Å². The van der Waals surface area contributed by atoms with Crippen molar-refractivity contribution in [3.8, 4) is 34.5 Å². The predicted octanol–water partition coefficient (Wildman–Crippen LogP) is 15.1. The second-order valence-corrected chi connectivity index (χ2v) is 18.5. The molecule has 0 saturated carbocycles. The first kappa shape index (κ1) is 36.9. The van der Waals surface area contributed by atoms with E-state index in [-0.39, 0.29) is 26.5 Å². The van der Waals surface area contributed by atoms with Crippen molar-refractivity contribution < 1.29 is 34.0 Å². The van der Waals surface area contributed by atoms with Gasteiger partial charge < -0.3 is 28.2 Å². The van der Waals surface area contributed by atoms with Crippen molar-refractivity contribution in [3.63, 3.8) is 0 Å². The van der Waals surface area contributed by atoms with Crippen molar-refractivity contribution >= 4 is 88.2 Å². The molecule has 8 aromatic carbocycles. The van der Waals surface area contributed by atoms with Gasteiger partial charge in [0, 0.05) is 116 Å². The number of benzene rings is 8. The average Bonchev–Trinajstić information content (AvgIpc) is 4.15. The molecular formula is C61H44N7OPt-3. The molecule has 1 aliphatic heterocycles. The van der Waals surface area contributed by atoms with Crippen LogP contribution in [-0.4, -0.2) is 18.7 Å². The first-order valence-electron chi connectivity index (χ1n) is 25.8. The number of nitrogens with zero attached hydrogens (tertiary/aromatic N) is 7. The number of rotatable bonds is 6. The van der Waals surface area contributed by atoms with Crippen LogP contribution < -0.4 is 14.5 Å². The fourth-order valence-electron chi connectivity index (χ4n) is 10.3. The van der Waals surface area contributed by atoms with E-state index in [4.69, 9.17) is 9.72 Å². The monoisotopic (exact) mass is 1090 g/mol. The van der Waals surface area contributed by atoms with Crippen molar-refractivity contribution in [3.05, 3.63) is 200 Å². The van der Waals surface area contributed by atoms with E-state index in [2.05, 4.69) is 49.6 Å². The van der Waals surface area contributed by atoms with E-state index in [1.54, 1.807) is 0 Å². The minimum absolute atomic E-state index is 0. The Morgan fingerprint density at radius 2 is 1.29 bits per heavy atom. The molecule has 0 atom stereocenters. The number of fused-ring (bicyclic) bond motifs is 10.